The third-order valence-corrected chi connectivity index (χ3v) is 5.17. The maximum absolute atomic E-state index is 12.5. The second-order valence-corrected chi connectivity index (χ2v) is 6.65. The predicted octanol–water partition coefficient (Wildman–Crippen LogP) is 2.62. The fourth-order valence-corrected chi connectivity index (χ4v) is 3.71. The van der Waals surface area contributed by atoms with Crippen LogP contribution in [0.1, 0.15) is 46.6 Å². The van der Waals surface area contributed by atoms with Crippen LogP contribution < -0.4 is 0 Å². The number of aromatic amines is 1. The highest BCUT2D eigenvalue weighted by atomic mass is 32.1. The van der Waals surface area contributed by atoms with Gasteiger partial charge in [-0.15, -0.1) is 11.3 Å². The Labute approximate surface area is 133 Å². The summed E-state index contributed by atoms with van der Waals surface area (Å²) in [5, 5.41) is 8.91. The Morgan fingerprint density at radius 2 is 2.36 bits per heavy atom. The molecule has 1 N–H and O–H groups in total. The smallest absolute Gasteiger partial charge is 0.227 e. The Kier molecular flexibility index (Phi) is 4.38. The first kappa shape index (κ1) is 15.0. The summed E-state index contributed by atoms with van der Waals surface area (Å²) in [6.07, 6.45) is 4.22. The lowest BCUT2D eigenvalue weighted by molar-refractivity contribution is -0.131. The number of hydrogen-bond acceptors (Lipinski definition) is 4. The van der Waals surface area contributed by atoms with Gasteiger partial charge in [0.15, 0.2) is 5.78 Å². The van der Waals surface area contributed by atoms with Gasteiger partial charge < -0.3 is 4.90 Å². The van der Waals surface area contributed by atoms with E-state index in [1.54, 1.807) is 13.1 Å². The van der Waals surface area contributed by atoms with Gasteiger partial charge in [-0.1, -0.05) is 0 Å². The van der Waals surface area contributed by atoms with Crippen molar-refractivity contribution in [3.8, 4) is 0 Å². The van der Waals surface area contributed by atoms with Crippen molar-refractivity contribution >= 4 is 23.0 Å². The van der Waals surface area contributed by atoms with E-state index >= 15 is 0 Å². The van der Waals surface area contributed by atoms with E-state index in [9.17, 15) is 9.59 Å². The van der Waals surface area contributed by atoms with Crippen LogP contribution in [0.15, 0.2) is 23.7 Å². The molecule has 6 heteroatoms. The van der Waals surface area contributed by atoms with Gasteiger partial charge >= 0.3 is 0 Å². The maximum atomic E-state index is 12.5. The largest absolute Gasteiger partial charge is 0.342 e. The minimum Gasteiger partial charge on any atom is -0.342 e. The molecule has 2 aromatic heterocycles. The van der Waals surface area contributed by atoms with Gasteiger partial charge in [-0.05, 0) is 42.8 Å². The quantitative estimate of drug-likeness (QED) is 0.882. The molecule has 2 aromatic rings. The molecule has 0 spiro atoms. The zero-order chi connectivity index (χ0) is 15.5. The second kappa shape index (κ2) is 6.44. The number of rotatable bonds is 4. The number of thiophene rings is 1. The van der Waals surface area contributed by atoms with E-state index in [1.165, 1.54) is 11.3 Å². The SMILES string of the molecule is CC(=O)c1cc(CC(=O)N2CCC[C@@H](c3ccn[nH]3)C2)cs1. The number of H-pyrrole nitrogens is 1. The predicted molar refractivity (Wildman–Crippen MR) is 85.2 cm³/mol. The van der Waals surface area contributed by atoms with Crippen LogP contribution in [-0.2, 0) is 11.2 Å². The molecule has 5 nitrogen and oxygen atoms in total. The first-order valence-corrected chi connectivity index (χ1v) is 8.37. The molecule has 0 saturated carbocycles. The molecule has 22 heavy (non-hydrogen) atoms. The maximum Gasteiger partial charge on any atom is 0.227 e. The van der Waals surface area contributed by atoms with Gasteiger partial charge in [0.2, 0.25) is 5.91 Å². The van der Waals surface area contributed by atoms with Crippen molar-refractivity contribution in [1.82, 2.24) is 15.1 Å². The van der Waals surface area contributed by atoms with Crippen molar-refractivity contribution < 1.29 is 9.59 Å². The number of nitrogens with one attached hydrogen (secondary N) is 1. The monoisotopic (exact) mass is 317 g/mol. The number of hydrogen-bond donors (Lipinski definition) is 1. The minimum absolute atomic E-state index is 0.0565. The molecule has 1 fully saturated rings. The van der Waals surface area contributed by atoms with Crippen LogP contribution in [0.3, 0.4) is 0 Å². The van der Waals surface area contributed by atoms with E-state index in [0.717, 1.165) is 42.1 Å². The van der Waals surface area contributed by atoms with E-state index in [0.29, 0.717) is 12.3 Å². The first-order valence-electron chi connectivity index (χ1n) is 7.49. The van der Waals surface area contributed by atoms with Crippen LogP contribution in [0.2, 0.25) is 0 Å². The molecule has 1 amide bonds. The summed E-state index contributed by atoms with van der Waals surface area (Å²) in [5.74, 6) is 0.536. The van der Waals surface area contributed by atoms with Crippen LogP contribution in [-0.4, -0.2) is 39.9 Å². The van der Waals surface area contributed by atoms with E-state index in [2.05, 4.69) is 10.2 Å². The van der Waals surface area contributed by atoms with Crippen LogP contribution >= 0.6 is 11.3 Å². The second-order valence-electron chi connectivity index (χ2n) is 5.74. The summed E-state index contributed by atoms with van der Waals surface area (Å²) in [6.45, 7) is 3.11. The highest BCUT2D eigenvalue weighted by molar-refractivity contribution is 7.12. The van der Waals surface area contributed by atoms with E-state index in [1.807, 2.05) is 22.4 Å². The fourth-order valence-electron chi connectivity index (χ4n) is 2.89. The molecule has 1 aliphatic rings. The first-order chi connectivity index (χ1) is 10.6. The van der Waals surface area contributed by atoms with Crippen molar-refractivity contribution in [2.45, 2.75) is 32.1 Å². The van der Waals surface area contributed by atoms with Crippen LogP contribution in [0.4, 0.5) is 0 Å². The highest BCUT2D eigenvalue weighted by Gasteiger charge is 2.25. The van der Waals surface area contributed by atoms with E-state index in [-0.39, 0.29) is 11.7 Å². The summed E-state index contributed by atoms with van der Waals surface area (Å²) in [7, 11) is 0. The molecule has 0 radical (unpaired) electrons. The highest BCUT2D eigenvalue weighted by Crippen LogP contribution is 2.26. The Balaban J connectivity index is 1.62. The van der Waals surface area contributed by atoms with Crippen molar-refractivity contribution in [3.05, 3.63) is 39.8 Å². The van der Waals surface area contributed by atoms with Gasteiger partial charge in [-0.3, -0.25) is 14.7 Å². The Morgan fingerprint density at radius 1 is 1.50 bits per heavy atom. The minimum atomic E-state index is 0.0565. The molecule has 116 valence electrons. The number of nitrogens with zero attached hydrogens (tertiary/aromatic N) is 2. The van der Waals surface area contributed by atoms with Gasteiger partial charge in [0.05, 0.1) is 11.3 Å². The lowest BCUT2D eigenvalue weighted by Crippen LogP contribution is -2.40. The summed E-state index contributed by atoms with van der Waals surface area (Å²) in [4.78, 5) is 26.5. The average Bonchev–Trinajstić information content (AvgIpc) is 3.19. The van der Waals surface area contributed by atoms with Gasteiger partial charge in [0.1, 0.15) is 0 Å². The molecular formula is C16H19N3O2S. The molecule has 0 bridgehead atoms. The average molecular weight is 317 g/mol. The van der Waals surface area contributed by atoms with Crippen LogP contribution in [0, 0.1) is 0 Å². The molecule has 0 unspecified atom stereocenters. The van der Waals surface area contributed by atoms with E-state index in [4.69, 9.17) is 0 Å². The van der Waals surface area contributed by atoms with Crippen LogP contribution in [0.5, 0.6) is 0 Å². The topological polar surface area (TPSA) is 66.1 Å². The number of aromatic nitrogens is 2. The summed E-state index contributed by atoms with van der Waals surface area (Å²) < 4.78 is 0. The van der Waals surface area contributed by atoms with Crippen molar-refractivity contribution in [2.75, 3.05) is 13.1 Å². The van der Waals surface area contributed by atoms with Crippen LogP contribution in [0.25, 0.3) is 0 Å². The molecular weight excluding hydrogens is 298 g/mol. The molecule has 1 aliphatic heterocycles. The molecule has 3 rings (SSSR count). The third kappa shape index (κ3) is 3.27. The molecule has 3 heterocycles. The van der Waals surface area contributed by atoms with Crippen molar-refractivity contribution in [2.24, 2.45) is 0 Å². The number of Topliss-reactive ketones (excluding diaryl/α,β-unsaturated/α-hetero) is 1. The lowest BCUT2D eigenvalue weighted by Gasteiger charge is -2.32. The van der Waals surface area contributed by atoms with Gasteiger partial charge in [0.25, 0.3) is 0 Å². The number of carbonyl (C=O) groups is 2. The summed E-state index contributed by atoms with van der Waals surface area (Å²) in [5.41, 5.74) is 2.04. The summed E-state index contributed by atoms with van der Waals surface area (Å²) >= 11 is 1.41. The normalized spacial score (nSPS) is 18.4. The van der Waals surface area contributed by atoms with Crippen molar-refractivity contribution in [3.63, 3.8) is 0 Å². The number of likely N-dealkylation sites (tertiary alicyclic amines) is 1. The molecule has 1 saturated heterocycles. The number of amides is 1. The summed E-state index contributed by atoms with van der Waals surface area (Å²) in [6, 6.07) is 3.82. The Bertz CT molecular complexity index is 663. The lowest BCUT2D eigenvalue weighted by atomic mass is 9.94. The van der Waals surface area contributed by atoms with Gasteiger partial charge in [-0.2, -0.15) is 5.10 Å². The zero-order valence-corrected chi connectivity index (χ0v) is 13.4. The van der Waals surface area contributed by atoms with Gasteiger partial charge in [0, 0.05) is 30.9 Å². The number of ketones is 1. The molecule has 0 aromatic carbocycles. The standard InChI is InChI=1S/C16H19N3O2S/c1-11(20)15-7-12(10-22-15)8-16(21)19-6-2-3-13(9-19)14-4-5-17-18-14/h4-5,7,10,13H,2-3,6,8-9H2,1H3,(H,17,18)/t13-/m1/s1. The van der Waals surface area contributed by atoms with E-state index < -0.39 is 0 Å². The fraction of sp³-hybridized carbons (Fsp3) is 0.438. The Hall–Kier alpha value is -1.95. The zero-order valence-electron chi connectivity index (χ0n) is 12.5. The molecule has 0 aliphatic carbocycles. The van der Waals surface area contributed by atoms with Crippen molar-refractivity contribution in [1.29, 1.82) is 0 Å². The number of carbonyl (C=O) groups excluding carboxylic acids is 2. The van der Waals surface area contributed by atoms with Gasteiger partial charge in [-0.25, -0.2) is 0 Å². The Morgan fingerprint density at radius 3 is 3.05 bits per heavy atom. The molecule has 1 atom stereocenters. The number of piperidine rings is 1. The third-order valence-electron chi connectivity index (χ3n) is 4.09.